The van der Waals surface area contributed by atoms with Crippen molar-refractivity contribution < 1.29 is 23.8 Å². The molecule has 1 heterocycles. The lowest BCUT2D eigenvalue weighted by atomic mass is 9.77. The number of hydrogen-bond acceptors (Lipinski definition) is 5. The van der Waals surface area contributed by atoms with Crippen LogP contribution < -0.4 is 10.1 Å². The van der Waals surface area contributed by atoms with Crippen molar-refractivity contribution in [2.75, 3.05) is 13.7 Å². The lowest BCUT2D eigenvalue weighted by molar-refractivity contribution is -0.148. The number of rotatable bonds is 9. The molecular formula is C28H43NO5. The Labute approximate surface area is 205 Å². The second kappa shape index (κ2) is 12.5. The summed E-state index contributed by atoms with van der Waals surface area (Å²) in [7, 11) is 1.51. The Morgan fingerprint density at radius 1 is 1.15 bits per heavy atom. The van der Waals surface area contributed by atoms with E-state index in [1.54, 1.807) is 0 Å². The van der Waals surface area contributed by atoms with Crippen molar-refractivity contribution in [2.24, 2.45) is 11.8 Å². The van der Waals surface area contributed by atoms with Crippen LogP contribution in [0, 0.1) is 11.8 Å². The summed E-state index contributed by atoms with van der Waals surface area (Å²) < 4.78 is 17.0. The average Bonchev–Trinajstić information content (AvgIpc) is 2.81. The monoisotopic (exact) mass is 473 g/mol. The van der Waals surface area contributed by atoms with E-state index >= 15 is 0 Å². The van der Waals surface area contributed by atoms with Crippen molar-refractivity contribution in [1.82, 2.24) is 5.32 Å². The van der Waals surface area contributed by atoms with Crippen LogP contribution in [-0.2, 0) is 27.1 Å². The molecule has 3 rings (SSSR count). The highest BCUT2D eigenvalue weighted by molar-refractivity contribution is 5.72. The minimum atomic E-state index is -0.491. The number of alkyl carbamates (subject to hydrolysis) is 1. The van der Waals surface area contributed by atoms with E-state index < -0.39 is 5.60 Å². The summed E-state index contributed by atoms with van der Waals surface area (Å²) in [4.78, 5) is 24.4. The molecule has 0 bridgehead atoms. The Hall–Kier alpha value is -2.24. The van der Waals surface area contributed by atoms with Crippen molar-refractivity contribution in [3.05, 3.63) is 29.3 Å². The smallest absolute Gasteiger partial charge is 0.407 e. The van der Waals surface area contributed by atoms with Gasteiger partial charge in [-0.3, -0.25) is 4.79 Å². The molecule has 2 atom stereocenters. The summed E-state index contributed by atoms with van der Waals surface area (Å²) in [5, 5.41) is 2.83. The van der Waals surface area contributed by atoms with E-state index in [2.05, 4.69) is 23.5 Å². The van der Waals surface area contributed by atoms with E-state index in [0.29, 0.717) is 12.5 Å². The molecule has 6 nitrogen and oxygen atoms in total. The summed E-state index contributed by atoms with van der Waals surface area (Å²) >= 11 is 0. The van der Waals surface area contributed by atoms with Crippen LogP contribution in [0.3, 0.4) is 0 Å². The van der Waals surface area contributed by atoms with E-state index in [4.69, 9.17) is 14.2 Å². The summed E-state index contributed by atoms with van der Waals surface area (Å²) in [5.74, 6) is 1.39. The molecule has 0 saturated heterocycles. The number of ether oxygens (including phenoxy) is 3. The molecule has 1 aliphatic heterocycles. The Morgan fingerprint density at radius 3 is 2.62 bits per heavy atom. The van der Waals surface area contributed by atoms with Crippen LogP contribution in [0.4, 0.5) is 4.79 Å². The molecular weight excluding hydrogens is 430 g/mol. The zero-order valence-corrected chi connectivity index (χ0v) is 21.5. The van der Waals surface area contributed by atoms with Crippen molar-refractivity contribution >= 4 is 12.1 Å². The maximum atomic E-state index is 12.5. The summed E-state index contributed by atoms with van der Waals surface area (Å²) in [6.07, 6.45) is 11.1. The van der Waals surface area contributed by atoms with E-state index in [1.807, 2.05) is 20.8 Å². The number of carbonyl (C=O) groups excluding carboxylic acids is 2. The van der Waals surface area contributed by atoms with Crippen LogP contribution >= 0.6 is 0 Å². The van der Waals surface area contributed by atoms with Crippen molar-refractivity contribution in [1.29, 1.82) is 0 Å². The number of hydrogen-bond donors (Lipinski definition) is 1. The fourth-order valence-corrected chi connectivity index (χ4v) is 5.31. The molecule has 0 unspecified atom stereocenters. The van der Waals surface area contributed by atoms with Crippen LogP contribution in [0.15, 0.2) is 18.2 Å². The third-order valence-corrected chi connectivity index (χ3v) is 7.01. The fourth-order valence-electron chi connectivity index (χ4n) is 5.31. The molecule has 6 heteroatoms. The summed E-state index contributed by atoms with van der Waals surface area (Å²) in [5.41, 5.74) is 1.95. The second-order valence-corrected chi connectivity index (χ2v) is 10.8. The minimum absolute atomic E-state index is 0.00975. The topological polar surface area (TPSA) is 73.9 Å². The third-order valence-electron chi connectivity index (χ3n) is 7.01. The molecule has 1 saturated carbocycles. The Balaban J connectivity index is 1.52. The van der Waals surface area contributed by atoms with Gasteiger partial charge in [-0.2, -0.15) is 0 Å². The summed E-state index contributed by atoms with van der Waals surface area (Å²) in [6, 6.07) is 6.36. The number of fused-ring (bicyclic) bond motifs is 1. The van der Waals surface area contributed by atoms with Crippen molar-refractivity contribution in [3.8, 4) is 5.75 Å². The van der Waals surface area contributed by atoms with Crippen LogP contribution in [-0.4, -0.2) is 37.4 Å². The van der Waals surface area contributed by atoms with Gasteiger partial charge in [-0.1, -0.05) is 37.5 Å². The highest BCUT2D eigenvalue weighted by Gasteiger charge is 2.32. The first-order valence-corrected chi connectivity index (χ1v) is 13.1. The summed E-state index contributed by atoms with van der Waals surface area (Å²) in [6.45, 7) is 6.14. The number of esters is 1. The number of aryl methyl sites for hydroxylation is 2. The zero-order valence-electron chi connectivity index (χ0n) is 21.5. The number of benzene rings is 1. The molecule has 0 aromatic heterocycles. The SMILES string of the molecule is COC(=O)[C@@H](CC[C@H]1CCc2cccc(CCCNC(=O)OC(C)(C)C)c2O1)C1CCCCC1. The van der Waals surface area contributed by atoms with Crippen LogP contribution in [0.5, 0.6) is 5.75 Å². The highest BCUT2D eigenvalue weighted by Crippen LogP contribution is 2.37. The van der Waals surface area contributed by atoms with Crippen LogP contribution in [0.25, 0.3) is 0 Å². The largest absolute Gasteiger partial charge is 0.490 e. The molecule has 1 N–H and O–H groups in total. The maximum absolute atomic E-state index is 12.5. The first-order valence-electron chi connectivity index (χ1n) is 13.1. The van der Waals surface area contributed by atoms with E-state index in [9.17, 15) is 9.59 Å². The standard InChI is InChI=1S/C28H43NO5/c1-28(2,3)34-27(31)29-19-9-14-21-12-8-13-22-15-16-23(33-25(21)22)17-18-24(26(30)32-4)20-10-6-5-7-11-20/h8,12-13,20,23-24H,5-7,9-11,14-19H2,1-4H3,(H,29,31)/t23-,24+/m1/s1. The zero-order chi connectivity index (χ0) is 24.6. The van der Waals surface area contributed by atoms with Crippen molar-refractivity contribution in [2.45, 2.75) is 103 Å². The molecule has 190 valence electrons. The third kappa shape index (κ3) is 7.92. The van der Waals surface area contributed by atoms with Gasteiger partial charge in [-0.15, -0.1) is 0 Å². The van der Waals surface area contributed by atoms with E-state index in [1.165, 1.54) is 37.5 Å². The van der Waals surface area contributed by atoms with E-state index in [-0.39, 0.29) is 24.1 Å². The molecule has 1 aromatic carbocycles. The number of para-hydroxylation sites is 1. The fraction of sp³-hybridized carbons (Fsp3) is 0.714. The van der Waals surface area contributed by atoms with Gasteiger partial charge in [0.25, 0.3) is 0 Å². The quantitative estimate of drug-likeness (QED) is 0.352. The minimum Gasteiger partial charge on any atom is -0.490 e. The molecule has 1 fully saturated rings. The van der Waals surface area contributed by atoms with Gasteiger partial charge in [0.1, 0.15) is 11.4 Å². The molecule has 1 aliphatic carbocycles. The number of carbonyl (C=O) groups is 2. The highest BCUT2D eigenvalue weighted by atomic mass is 16.6. The maximum Gasteiger partial charge on any atom is 0.407 e. The van der Waals surface area contributed by atoms with Gasteiger partial charge in [0.15, 0.2) is 0 Å². The Kier molecular flexibility index (Phi) is 9.66. The Morgan fingerprint density at radius 2 is 1.91 bits per heavy atom. The molecule has 0 radical (unpaired) electrons. The Bertz CT molecular complexity index is 810. The van der Waals surface area contributed by atoms with E-state index in [0.717, 1.165) is 57.1 Å². The van der Waals surface area contributed by atoms with Gasteiger partial charge in [0, 0.05) is 6.54 Å². The second-order valence-electron chi connectivity index (χ2n) is 10.8. The lowest BCUT2D eigenvalue weighted by Gasteiger charge is -2.32. The van der Waals surface area contributed by atoms with Crippen LogP contribution in [0.2, 0.25) is 0 Å². The van der Waals surface area contributed by atoms with Crippen molar-refractivity contribution in [3.63, 3.8) is 0 Å². The van der Waals surface area contributed by atoms with Crippen LogP contribution in [0.1, 0.15) is 89.7 Å². The lowest BCUT2D eigenvalue weighted by Crippen LogP contribution is -2.33. The van der Waals surface area contributed by atoms with Gasteiger partial charge in [0.05, 0.1) is 19.1 Å². The number of amides is 1. The molecule has 34 heavy (non-hydrogen) atoms. The van der Waals surface area contributed by atoms with Gasteiger partial charge in [0.2, 0.25) is 0 Å². The van der Waals surface area contributed by atoms with Gasteiger partial charge in [-0.25, -0.2) is 4.79 Å². The number of methoxy groups -OCH3 is 1. The molecule has 0 spiro atoms. The molecule has 1 amide bonds. The van der Waals surface area contributed by atoms with Gasteiger partial charge in [-0.05, 0) is 89.2 Å². The first-order chi connectivity index (χ1) is 16.3. The molecule has 1 aromatic rings. The van der Waals surface area contributed by atoms with Gasteiger partial charge < -0.3 is 19.5 Å². The predicted molar refractivity (Wildman–Crippen MR) is 133 cm³/mol. The van der Waals surface area contributed by atoms with Gasteiger partial charge >= 0.3 is 12.1 Å². The first kappa shape index (κ1) is 26.4. The normalized spacial score (nSPS) is 19.5. The average molecular weight is 474 g/mol. The predicted octanol–water partition coefficient (Wildman–Crippen LogP) is 5.99. The molecule has 2 aliphatic rings. The number of nitrogens with one attached hydrogen (secondary N) is 1.